The molecule has 0 bridgehead atoms. The van der Waals surface area contributed by atoms with Crippen molar-refractivity contribution in [1.29, 1.82) is 0 Å². The van der Waals surface area contributed by atoms with Gasteiger partial charge in [-0.3, -0.25) is 4.79 Å². The van der Waals surface area contributed by atoms with Gasteiger partial charge in [0.15, 0.2) is 0 Å². The van der Waals surface area contributed by atoms with Gasteiger partial charge in [0.1, 0.15) is 11.9 Å². The van der Waals surface area contributed by atoms with Crippen LogP contribution >= 0.6 is 0 Å². The molecule has 0 saturated carbocycles. The Morgan fingerprint density at radius 1 is 1.39 bits per heavy atom. The molecule has 0 fully saturated rings. The monoisotopic (exact) mass is 250 g/mol. The summed E-state index contributed by atoms with van der Waals surface area (Å²) in [6, 6.07) is 7.81. The molecular formula is C14H22N2O2. The maximum atomic E-state index is 11.6. The number of rotatable bonds is 5. The third-order valence-corrected chi connectivity index (χ3v) is 2.49. The second-order valence-electron chi connectivity index (χ2n) is 5.17. The highest BCUT2D eigenvalue weighted by atomic mass is 16.5. The molecule has 0 aliphatic carbocycles. The van der Waals surface area contributed by atoms with Gasteiger partial charge in [0.25, 0.3) is 0 Å². The van der Waals surface area contributed by atoms with Gasteiger partial charge in [0, 0.05) is 0 Å². The van der Waals surface area contributed by atoms with Crippen LogP contribution in [0.1, 0.15) is 26.3 Å². The fourth-order valence-corrected chi connectivity index (χ4v) is 1.36. The van der Waals surface area contributed by atoms with E-state index in [4.69, 9.17) is 10.5 Å². The van der Waals surface area contributed by atoms with Crippen LogP contribution in [0.5, 0.6) is 5.75 Å². The highest BCUT2D eigenvalue weighted by Gasteiger charge is 2.21. The number of nitrogens with one attached hydrogen (secondary N) is 1. The fourth-order valence-electron chi connectivity index (χ4n) is 1.36. The summed E-state index contributed by atoms with van der Waals surface area (Å²) in [5.41, 5.74) is 6.01. The van der Waals surface area contributed by atoms with E-state index in [0.717, 1.165) is 5.75 Å². The van der Waals surface area contributed by atoms with E-state index in [1.54, 1.807) is 13.8 Å². The van der Waals surface area contributed by atoms with Crippen LogP contribution in [-0.2, 0) is 4.79 Å². The van der Waals surface area contributed by atoms with Gasteiger partial charge < -0.3 is 15.8 Å². The minimum absolute atomic E-state index is 0.0981. The van der Waals surface area contributed by atoms with Crippen LogP contribution < -0.4 is 15.8 Å². The average Bonchev–Trinajstić information content (AvgIpc) is 2.28. The first-order valence-corrected chi connectivity index (χ1v) is 6.09. The molecule has 1 atom stereocenters. The molecule has 0 radical (unpaired) electrons. The lowest BCUT2D eigenvalue weighted by Crippen LogP contribution is -2.50. The summed E-state index contributed by atoms with van der Waals surface area (Å²) in [5, 5.41) is 2.77. The predicted octanol–water partition coefficient (Wildman–Crippen LogP) is 1.62. The van der Waals surface area contributed by atoms with Gasteiger partial charge in [-0.15, -0.1) is 0 Å². The summed E-state index contributed by atoms with van der Waals surface area (Å²) >= 11 is 0. The molecule has 18 heavy (non-hydrogen) atoms. The van der Waals surface area contributed by atoms with Crippen molar-refractivity contribution in [1.82, 2.24) is 5.32 Å². The van der Waals surface area contributed by atoms with Gasteiger partial charge in [-0.25, -0.2) is 0 Å². The zero-order valence-corrected chi connectivity index (χ0v) is 11.5. The summed E-state index contributed by atoms with van der Waals surface area (Å²) in [6.07, 6.45) is -0.0981. The van der Waals surface area contributed by atoms with Crippen LogP contribution in [0.4, 0.5) is 0 Å². The van der Waals surface area contributed by atoms with E-state index >= 15 is 0 Å². The van der Waals surface area contributed by atoms with Crippen molar-refractivity contribution < 1.29 is 9.53 Å². The molecule has 0 aliphatic heterocycles. The van der Waals surface area contributed by atoms with Crippen LogP contribution in [0.2, 0.25) is 0 Å². The topological polar surface area (TPSA) is 64.3 Å². The van der Waals surface area contributed by atoms with Crippen molar-refractivity contribution in [2.45, 2.75) is 39.3 Å². The van der Waals surface area contributed by atoms with Crippen LogP contribution in [0.15, 0.2) is 24.3 Å². The van der Waals surface area contributed by atoms with Crippen molar-refractivity contribution in [3.63, 3.8) is 0 Å². The second-order valence-corrected chi connectivity index (χ2v) is 5.17. The van der Waals surface area contributed by atoms with Crippen LogP contribution in [0.3, 0.4) is 0 Å². The first-order valence-electron chi connectivity index (χ1n) is 6.09. The number of hydrogen-bond acceptors (Lipinski definition) is 3. The summed E-state index contributed by atoms with van der Waals surface area (Å²) in [5.74, 6) is 0.621. The number of amides is 1. The van der Waals surface area contributed by atoms with E-state index in [0.29, 0.717) is 6.54 Å². The van der Waals surface area contributed by atoms with Gasteiger partial charge in [0.2, 0.25) is 5.91 Å². The highest BCUT2D eigenvalue weighted by molar-refractivity contribution is 5.85. The van der Waals surface area contributed by atoms with E-state index in [9.17, 15) is 4.79 Å². The van der Waals surface area contributed by atoms with Gasteiger partial charge >= 0.3 is 0 Å². The lowest BCUT2D eigenvalue weighted by atomic mass is 10.1. The maximum absolute atomic E-state index is 11.6. The smallest absolute Gasteiger partial charge is 0.239 e. The number of benzene rings is 1. The molecule has 1 aromatic carbocycles. The Balaban J connectivity index is 2.40. The Hall–Kier alpha value is -1.55. The van der Waals surface area contributed by atoms with E-state index in [2.05, 4.69) is 5.32 Å². The first-order chi connectivity index (χ1) is 8.29. The third kappa shape index (κ3) is 4.75. The lowest BCUT2D eigenvalue weighted by molar-refractivity contribution is -0.125. The van der Waals surface area contributed by atoms with Gasteiger partial charge in [-0.2, -0.15) is 0 Å². The van der Waals surface area contributed by atoms with Crippen molar-refractivity contribution in [3.8, 4) is 5.75 Å². The summed E-state index contributed by atoms with van der Waals surface area (Å²) in [7, 11) is 0. The van der Waals surface area contributed by atoms with Gasteiger partial charge in [-0.1, -0.05) is 17.7 Å². The SMILES string of the molecule is Cc1ccc(OC(C)CNC(=O)C(C)(C)N)cc1. The van der Waals surface area contributed by atoms with E-state index < -0.39 is 5.54 Å². The number of ether oxygens (including phenoxy) is 1. The normalized spacial score (nSPS) is 12.9. The Bertz CT molecular complexity index is 393. The third-order valence-electron chi connectivity index (χ3n) is 2.49. The Labute approximate surface area is 109 Å². The molecule has 4 heteroatoms. The molecule has 1 rings (SSSR count). The number of aryl methyl sites for hydroxylation is 1. The zero-order valence-electron chi connectivity index (χ0n) is 11.5. The van der Waals surface area contributed by atoms with Crippen molar-refractivity contribution in [2.24, 2.45) is 5.73 Å². The van der Waals surface area contributed by atoms with Crippen LogP contribution in [-0.4, -0.2) is 24.1 Å². The number of carbonyl (C=O) groups is 1. The Morgan fingerprint density at radius 3 is 2.44 bits per heavy atom. The standard InChI is InChI=1S/C14H22N2O2/c1-10-5-7-12(8-6-10)18-11(2)9-16-13(17)14(3,4)15/h5-8,11H,9,15H2,1-4H3,(H,16,17). The van der Waals surface area contributed by atoms with Crippen molar-refractivity contribution >= 4 is 5.91 Å². The zero-order chi connectivity index (χ0) is 13.8. The molecule has 0 aliphatic rings. The Kier molecular flexibility index (Phi) is 4.73. The number of carbonyl (C=O) groups excluding carboxylic acids is 1. The maximum Gasteiger partial charge on any atom is 0.239 e. The number of nitrogens with two attached hydrogens (primary N) is 1. The van der Waals surface area contributed by atoms with Crippen molar-refractivity contribution in [3.05, 3.63) is 29.8 Å². The van der Waals surface area contributed by atoms with E-state index in [-0.39, 0.29) is 12.0 Å². The van der Waals surface area contributed by atoms with Crippen LogP contribution in [0.25, 0.3) is 0 Å². The quantitative estimate of drug-likeness (QED) is 0.834. The Morgan fingerprint density at radius 2 is 1.94 bits per heavy atom. The average molecular weight is 250 g/mol. The van der Waals surface area contributed by atoms with Gasteiger partial charge in [0.05, 0.1) is 12.1 Å². The fraction of sp³-hybridized carbons (Fsp3) is 0.500. The largest absolute Gasteiger partial charge is 0.489 e. The number of hydrogen-bond donors (Lipinski definition) is 2. The molecular weight excluding hydrogens is 228 g/mol. The minimum atomic E-state index is -0.858. The molecule has 4 nitrogen and oxygen atoms in total. The molecule has 0 aromatic heterocycles. The molecule has 1 amide bonds. The first kappa shape index (κ1) is 14.5. The van der Waals surface area contributed by atoms with Gasteiger partial charge in [-0.05, 0) is 39.8 Å². The van der Waals surface area contributed by atoms with Crippen LogP contribution in [0, 0.1) is 6.92 Å². The minimum Gasteiger partial charge on any atom is -0.489 e. The summed E-state index contributed by atoms with van der Waals surface area (Å²) in [4.78, 5) is 11.6. The molecule has 0 saturated heterocycles. The highest BCUT2D eigenvalue weighted by Crippen LogP contribution is 2.13. The molecule has 100 valence electrons. The molecule has 0 spiro atoms. The molecule has 1 unspecified atom stereocenters. The second kappa shape index (κ2) is 5.87. The predicted molar refractivity (Wildman–Crippen MR) is 72.5 cm³/mol. The molecule has 1 aromatic rings. The summed E-state index contributed by atoms with van der Waals surface area (Å²) in [6.45, 7) is 7.72. The molecule has 3 N–H and O–H groups in total. The van der Waals surface area contributed by atoms with E-state index in [1.165, 1.54) is 5.56 Å². The summed E-state index contributed by atoms with van der Waals surface area (Å²) < 4.78 is 5.68. The van der Waals surface area contributed by atoms with E-state index in [1.807, 2.05) is 38.1 Å². The molecule has 0 heterocycles. The van der Waals surface area contributed by atoms with Crippen molar-refractivity contribution in [2.75, 3.05) is 6.54 Å². The lowest BCUT2D eigenvalue weighted by Gasteiger charge is -2.20.